The molecule has 0 radical (unpaired) electrons. The Morgan fingerprint density at radius 2 is 1.56 bits per heavy atom. The zero-order chi connectivity index (χ0) is 34.9. The number of amides is 2. The second kappa shape index (κ2) is 14.3. The average Bonchev–Trinajstić information content (AvgIpc) is 3.11. The van der Waals surface area contributed by atoms with Crippen LogP contribution in [0.4, 0.5) is 18.9 Å². The van der Waals surface area contributed by atoms with Gasteiger partial charge in [0.05, 0.1) is 0 Å². The average molecular weight is 719 g/mol. The largest absolute Gasteiger partial charge is 0.405 e. The maximum Gasteiger partial charge on any atom is 0.405 e. The lowest BCUT2D eigenvalue weighted by Gasteiger charge is -2.40. The van der Waals surface area contributed by atoms with Crippen LogP contribution in [0.3, 0.4) is 0 Å². The summed E-state index contributed by atoms with van der Waals surface area (Å²) in [7, 11) is 0. The van der Waals surface area contributed by atoms with Crippen LogP contribution in [0.25, 0.3) is 0 Å². The Hall–Kier alpha value is -3.99. The molecule has 1 N–H and O–H groups in total. The first-order valence-electron chi connectivity index (χ1n) is 17.0. The number of alkyl halides is 3. The quantitative estimate of drug-likeness (QED) is 0.194. The fourth-order valence-corrected chi connectivity index (χ4v) is 9.00. The summed E-state index contributed by atoms with van der Waals surface area (Å²) in [6.07, 6.45) is -2.70. The summed E-state index contributed by atoms with van der Waals surface area (Å²) in [6, 6.07) is 28.9. The molecule has 50 heavy (non-hydrogen) atoms. The van der Waals surface area contributed by atoms with Gasteiger partial charge in [0.2, 0.25) is 5.91 Å². The third kappa shape index (κ3) is 7.11. The van der Waals surface area contributed by atoms with E-state index in [4.69, 9.17) is 11.6 Å². The minimum atomic E-state index is -4.51. The minimum Gasteiger partial charge on any atom is -0.369 e. The molecule has 0 aliphatic carbocycles. The molecule has 0 saturated carbocycles. The van der Waals surface area contributed by atoms with Gasteiger partial charge in [-0.05, 0) is 84.5 Å². The fraction of sp³-hybridized carbons (Fsp3) is 0.333. The van der Waals surface area contributed by atoms with Gasteiger partial charge in [-0.1, -0.05) is 78.0 Å². The van der Waals surface area contributed by atoms with Gasteiger partial charge < -0.3 is 15.1 Å². The van der Waals surface area contributed by atoms with Crippen LogP contribution in [-0.4, -0.2) is 73.6 Å². The molecule has 0 bridgehead atoms. The van der Waals surface area contributed by atoms with Gasteiger partial charge >= 0.3 is 6.18 Å². The number of fused-ring (bicyclic) bond motifs is 3. The smallest absolute Gasteiger partial charge is 0.369 e. The SMILES string of the molecule is O=C1c2cc(N3CCN(CCCC4(C(=O)NCC(F)(F)F)c5ccccc5Sc5ccccc54)CC3)ccc2CCN1Cc1cccc(Cl)c1. The van der Waals surface area contributed by atoms with Crippen LogP contribution in [-0.2, 0) is 23.2 Å². The number of hydrogen-bond acceptors (Lipinski definition) is 5. The Morgan fingerprint density at radius 1 is 0.860 bits per heavy atom. The van der Waals surface area contributed by atoms with E-state index in [1.165, 1.54) is 0 Å². The minimum absolute atomic E-state index is 0.0316. The summed E-state index contributed by atoms with van der Waals surface area (Å²) < 4.78 is 39.9. The van der Waals surface area contributed by atoms with Crippen molar-refractivity contribution in [2.45, 2.75) is 47.2 Å². The van der Waals surface area contributed by atoms with Gasteiger partial charge in [-0.25, -0.2) is 0 Å². The second-order valence-corrected chi connectivity index (χ2v) is 14.7. The molecular weight excluding hydrogens is 681 g/mol. The number of rotatable bonds is 9. The molecule has 11 heteroatoms. The number of nitrogens with zero attached hydrogens (tertiary/aromatic N) is 3. The van der Waals surface area contributed by atoms with Crippen molar-refractivity contribution in [3.8, 4) is 0 Å². The van der Waals surface area contributed by atoms with Crippen LogP contribution >= 0.6 is 23.4 Å². The zero-order valence-electron chi connectivity index (χ0n) is 27.5. The van der Waals surface area contributed by atoms with E-state index in [1.54, 1.807) is 11.8 Å². The van der Waals surface area contributed by atoms with Gasteiger partial charge in [0.1, 0.15) is 12.0 Å². The molecule has 4 aromatic rings. The predicted octanol–water partition coefficient (Wildman–Crippen LogP) is 7.57. The van der Waals surface area contributed by atoms with Gasteiger partial charge in [-0.15, -0.1) is 0 Å². The molecule has 0 unspecified atom stereocenters. The van der Waals surface area contributed by atoms with Crippen LogP contribution in [0.2, 0.25) is 5.02 Å². The lowest BCUT2D eigenvalue weighted by molar-refractivity contribution is -0.141. The Kier molecular flexibility index (Phi) is 9.87. The molecule has 4 aromatic carbocycles. The van der Waals surface area contributed by atoms with Crippen molar-refractivity contribution in [1.29, 1.82) is 0 Å². The molecule has 2 amide bonds. The summed E-state index contributed by atoms with van der Waals surface area (Å²) >= 11 is 7.73. The first-order valence-corrected chi connectivity index (χ1v) is 18.2. The van der Waals surface area contributed by atoms with Gasteiger partial charge in [-0.3, -0.25) is 14.5 Å². The molecule has 3 aliphatic heterocycles. The Bertz CT molecular complexity index is 1850. The standard InChI is InChI=1S/C39H38ClF3N4O2S/c40-29-8-5-7-27(23-29)25-47-18-15-28-13-14-30(24-31(28)36(47)48)46-21-19-45(20-22-46)17-6-16-38(37(49)44-26-39(41,42)43)32-9-1-3-11-34(32)50-35-12-4-2-10-33(35)38/h1-5,7-14,23-24H,6,15-22,25-26H2,(H,44,49). The number of halogens is 4. The molecule has 260 valence electrons. The van der Waals surface area contributed by atoms with E-state index in [1.807, 2.05) is 83.8 Å². The zero-order valence-corrected chi connectivity index (χ0v) is 29.1. The number of anilines is 1. The fourth-order valence-electron chi connectivity index (χ4n) is 7.55. The van der Waals surface area contributed by atoms with Crippen molar-refractivity contribution in [3.05, 3.63) is 124 Å². The van der Waals surface area contributed by atoms with E-state index in [0.717, 1.165) is 75.9 Å². The van der Waals surface area contributed by atoms with E-state index in [0.29, 0.717) is 37.5 Å². The van der Waals surface area contributed by atoms with Crippen LogP contribution < -0.4 is 10.2 Å². The molecule has 1 fully saturated rings. The monoisotopic (exact) mass is 718 g/mol. The summed E-state index contributed by atoms with van der Waals surface area (Å²) in [5, 5.41) is 2.90. The molecule has 0 atom stereocenters. The predicted molar refractivity (Wildman–Crippen MR) is 191 cm³/mol. The highest BCUT2D eigenvalue weighted by molar-refractivity contribution is 7.99. The Morgan fingerprint density at radius 3 is 2.24 bits per heavy atom. The normalized spacial score (nSPS) is 17.2. The highest BCUT2D eigenvalue weighted by Gasteiger charge is 2.47. The summed E-state index contributed by atoms with van der Waals surface area (Å²) in [5.74, 6) is -0.586. The molecule has 0 spiro atoms. The van der Waals surface area contributed by atoms with E-state index < -0.39 is 24.0 Å². The molecule has 7 rings (SSSR count). The topological polar surface area (TPSA) is 55.9 Å². The molecule has 6 nitrogen and oxygen atoms in total. The van der Waals surface area contributed by atoms with Crippen molar-refractivity contribution in [2.75, 3.05) is 50.7 Å². The summed E-state index contributed by atoms with van der Waals surface area (Å²) in [5.41, 5.74) is 4.11. The molecule has 3 heterocycles. The van der Waals surface area contributed by atoms with E-state index in [2.05, 4.69) is 27.2 Å². The summed E-state index contributed by atoms with van der Waals surface area (Å²) in [4.78, 5) is 35.8. The number of piperazine rings is 1. The first-order chi connectivity index (χ1) is 24.1. The van der Waals surface area contributed by atoms with Crippen LogP contribution in [0, 0.1) is 0 Å². The number of carbonyl (C=O) groups excluding carboxylic acids is 2. The van der Waals surface area contributed by atoms with Crippen molar-refractivity contribution < 1.29 is 22.8 Å². The van der Waals surface area contributed by atoms with E-state index >= 15 is 0 Å². The molecule has 0 aromatic heterocycles. The number of nitrogens with one attached hydrogen (secondary N) is 1. The van der Waals surface area contributed by atoms with Crippen molar-refractivity contribution in [3.63, 3.8) is 0 Å². The second-order valence-electron chi connectivity index (χ2n) is 13.2. The first kappa shape index (κ1) is 34.5. The number of benzene rings is 4. The maximum atomic E-state index is 14.0. The highest BCUT2D eigenvalue weighted by Crippen LogP contribution is 2.51. The van der Waals surface area contributed by atoms with Crippen molar-refractivity contribution >= 4 is 40.9 Å². The van der Waals surface area contributed by atoms with Gasteiger partial charge in [0.15, 0.2) is 0 Å². The van der Waals surface area contributed by atoms with Gasteiger partial charge in [-0.2, -0.15) is 13.2 Å². The maximum absolute atomic E-state index is 14.0. The Labute approximate surface area is 299 Å². The lowest BCUT2D eigenvalue weighted by Crippen LogP contribution is -2.50. The Balaban J connectivity index is 1.02. The van der Waals surface area contributed by atoms with Crippen LogP contribution in [0.5, 0.6) is 0 Å². The summed E-state index contributed by atoms with van der Waals surface area (Å²) in [6.45, 7) is 3.66. The van der Waals surface area contributed by atoms with E-state index in [9.17, 15) is 22.8 Å². The number of hydrogen-bond donors (Lipinski definition) is 1. The van der Waals surface area contributed by atoms with Crippen molar-refractivity contribution in [2.24, 2.45) is 0 Å². The van der Waals surface area contributed by atoms with Crippen molar-refractivity contribution in [1.82, 2.24) is 15.1 Å². The number of carbonyl (C=O) groups is 2. The van der Waals surface area contributed by atoms with Gasteiger partial charge in [0.25, 0.3) is 5.91 Å². The molecule has 1 saturated heterocycles. The lowest BCUT2D eigenvalue weighted by atomic mass is 9.70. The van der Waals surface area contributed by atoms with E-state index in [-0.39, 0.29) is 5.91 Å². The van der Waals surface area contributed by atoms with Crippen LogP contribution in [0.1, 0.15) is 45.5 Å². The third-order valence-corrected chi connectivity index (χ3v) is 11.4. The molecule has 3 aliphatic rings. The molecular formula is C39H38ClF3N4O2S. The van der Waals surface area contributed by atoms with Crippen LogP contribution in [0.15, 0.2) is 101 Å². The van der Waals surface area contributed by atoms with Gasteiger partial charge in [0, 0.05) is 65.3 Å². The highest BCUT2D eigenvalue weighted by atomic mass is 35.5. The third-order valence-electron chi connectivity index (χ3n) is 10.0.